The Labute approximate surface area is 159 Å². The summed E-state index contributed by atoms with van der Waals surface area (Å²) >= 11 is 4.88. The highest BCUT2D eigenvalue weighted by atomic mass is 79.9. The molecule has 0 atom stereocenters. The van der Waals surface area contributed by atoms with Crippen LogP contribution in [0.5, 0.6) is 5.75 Å². The zero-order chi connectivity index (χ0) is 18.9. The van der Waals surface area contributed by atoms with Crippen molar-refractivity contribution in [1.29, 1.82) is 0 Å². The van der Waals surface area contributed by atoms with Crippen LogP contribution in [0.3, 0.4) is 0 Å². The molecule has 0 amide bonds. The summed E-state index contributed by atoms with van der Waals surface area (Å²) in [4.78, 5) is 12.0. The largest absolute Gasteiger partial charge is 0.487 e. The molecule has 3 aromatic rings. The molecule has 0 unspecified atom stereocenters. The van der Waals surface area contributed by atoms with Gasteiger partial charge >= 0.3 is 12.1 Å². The number of halogens is 4. The highest BCUT2D eigenvalue weighted by Gasteiger charge is 2.30. The van der Waals surface area contributed by atoms with Crippen molar-refractivity contribution in [3.05, 3.63) is 62.9 Å². The molecule has 1 aromatic heterocycles. The Bertz CT molecular complexity index is 949. The molecular formula is C18H12BrF3O3S. The number of hydrogen-bond acceptors (Lipinski definition) is 4. The van der Waals surface area contributed by atoms with Gasteiger partial charge in [0.15, 0.2) is 0 Å². The molecule has 0 N–H and O–H groups in total. The Kier molecular flexibility index (Phi) is 5.24. The Morgan fingerprint density at radius 2 is 1.85 bits per heavy atom. The number of thiophene rings is 1. The molecule has 0 spiro atoms. The molecule has 0 radical (unpaired) electrons. The highest BCUT2D eigenvalue weighted by molar-refractivity contribution is 9.11. The van der Waals surface area contributed by atoms with E-state index in [2.05, 4.69) is 15.9 Å². The van der Waals surface area contributed by atoms with Gasteiger partial charge in [-0.15, -0.1) is 11.3 Å². The van der Waals surface area contributed by atoms with Gasteiger partial charge in [-0.3, -0.25) is 0 Å². The predicted octanol–water partition coefficient (Wildman–Crippen LogP) is 6.05. The third-order valence-electron chi connectivity index (χ3n) is 3.69. The molecule has 8 heteroatoms. The van der Waals surface area contributed by atoms with E-state index < -0.39 is 17.7 Å². The van der Waals surface area contributed by atoms with Crippen molar-refractivity contribution in [2.75, 3.05) is 7.11 Å². The molecule has 0 aliphatic heterocycles. The van der Waals surface area contributed by atoms with Crippen LogP contribution in [0, 0.1) is 0 Å². The van der Waals surface area contributed by atoms with Gasteiger partial charge in [-0.25, -0.2) is 4.79 Å². The van der Waals surface area contributed by atoms with E-state index >= 15 is 0 Å². The first kappa shape index (κ1) is 18.7. The van der Waals surface area contributed by atoms with Gasteiger partial charge < -0.3 is 9.47 Å². The first-order valence-corrected chi connectivity index (χ1v) is 9.00. The van der Waals surface area contributed by atoms with E-state index in [4.69, 9.17) is 9.47 Å². The van der Waals surface area contributed by atoms with Crippen LogP contribution in [0.2, 0.25) is 0 Å². The van der Waals surface area contributed by atoms with Crippen LogP contribution in [0.15, 0.2) is 46.3 Å². The number of benzene rings is 2. The van der Waals surface area contributed by atoms with Crippen LogP contribution in [0.25, 0.3) is 10.1 Å². The van der Waals surface area contributed by atoms with E-state index in [0.717, 1.165) is 26.0 Å². The summed E-state index contributed by atoms with van der Waals surface area (Å²) in [5, 5.41) is 0.733. The molecule has 2 aromatic carbocycles. The number of methoxy groups -OCH3 is 1. The third kappa shape index (κ3) is 3.86. The fourth-order valence-electron chi connectivity index (χ4n) is 2.43. The third-order valence-corrected chi connectivity index (χ3v) is 5.29. The van der Waals surface area contributed by atoms with E-state index in [1.54, 1.807) is 12.1 Å². The van der Waals surface area contributed by atoms with E-state index in [9.17, 15) is 18.0 Å². The summed E-state index contributed by atoms with van der Waals surface area (Å²) in [5.41, 5.74) is 0.0951. The molecule has 0 aliphatic rings. The van der Waals surface area contributed by atoms with Crippen molar-refractivity contribution >= 4 is 43.3 Å². The normalized spacial score (nSPS) is 11.6. The van der Waals surface area contributed by atoms with Crippen molar-refractivity contribution < 1.29 is 27.4 Å². The number of ether oxygens (including phenoxy) is 2. The van der Waals surface area contributed by atoms with Gasteiger partial charge in [0.25, 0.3) is 0 Å². The lowest BCUT2D eigenvalue weighted by atomic mass is 10.1. The second-order valence-corrected chi connectivity index (χ2v) is 7.84. The Morgan fingerprint density at radius 3 is 2.46 bits per heavy atom. The van der Waals surface area contributed by atoms with Gasteiger partial charge in [-0.1, -0.05) is 12.1 Å². The fourth-order valence-corrected chi connectivity index (χ4v) is 3.96. The summed E-state index contributed by atoms with van der Waals surface area (Å²) in [6, 6.07) is 9.94. The van der Waals surface area contributed by atoms with Crippen LogP contribution >= 0.6 is 27.3 Å². The Morgan fingerprint density at radius 1 is 1.15 bits per heavy atom. The average Bonchev–Trinajstić information content (AvgIpc) is 2.99. The molecule has 0 aliphatic carbocycles. The standard InChI is InChI=1S/C18H12BrF3O3S/c1-24-17(23)12-6-7-14-13(8-15(19)26-14)16(12)25-9-10-2-4-11(5-3-10)18(20,21)22/h2-8H,9H2,1H3. The van der Waals surface area contributed by atoms with Crippen LogP contribution in [0.1, 0.15) is 21.5 Å². The second-order valence-electron chi connectivity index (χ2n) is 5.38. The molecular weight excluding hydrogens is 433 g/mol. The van der Waals surface area contributed by atoms with Crippen molar-refractivity contribution in [1.82, 2.24) is 0 Å². The minimum atomic E-state index is -4.38. The summed E-state index contributed by atoms with van der Waals surface area (Å²) in [6.07, 6.45) is -4.38. The molecule has 0 saturated carbocycles. The number of fused-ring (bicyclic) bond motifs is 1. The van der Waals surface area contributed by atoms with E-state index in [1.807, 2.05) is 6.07 Å². The molecule has 0 bridgehead atoms. The average molecular weight is 445 g/mol. The number of esters is 1. The van der Waals surface area contributed by atoms with Crippen molar-refractivity contribution in [2.45, 2.75) is 12.8 Å². The topological polar surface area (TPSA) is 35.5 Å². The zero-order valence-electron chi connectivity index (χ0n) is 13.4. The number of rotatable bonds is 4. The van der Waals surface area contributed by atoms with Crippen LogP contribution < -0.4 is 4.74 Å². The first-order chi connectivity index (χ1) is 12.3. The fraction of sp³-hybridized carbons (Fsp3) is 0.167. The van der Waals surface area contributed by atoms with Crippen molar-refractivity contribution in [3.8, 4) is 5.75 Å². The highest BCUT2D eigenvalue weighted by Crippen LogP contribution is 2.38. The lowest BCUT2D eigenvalue weighted by molar-refractivity contribution is -0.137. The maximum absolute atomic E-state index is 12.6. The lowest BCUT2D eigenvalue weighted by Gasteiger charge is -2.12. The summed E-state index contributed by atoms with van der Waals surface area (Å²) < 4.78 is 50.3. The predicted molar refractivity (Wildman–Crippen MR) is 96.6 cm³/mol. The number of carbonyl (C=O) groups is 1. The maximum atomic E-state index is 12.6. The summed E-state index contributed by atoms with van der Waals surface area (Å²) in [5.74, 6) is -0.201. The Balaban J connectivity index is 1.91. The Hall–Kier alpha value is -2.06. The second kappa shape index (κ2) is 7.28. The summed E-state index contributed by atoms with van der Waals surface area (Å²) in [6.45, 7) is 0.0225. The number of alkyl halides is 3. The van der Waals surface area contributed by atoms with Gasteiger partial charge in [0.05, 0.1) is 16.5 Å². The SMILES string of the molecule is COC(=O)c1ccc2sc(Br)cc2c1OCc1ccc(C(F)(F)F)cc1. The smallest absolute Gasteiger partial charge is 0.416 e. The van der Waals surface area contributed by atoms with E-state index in [1.165, 1.54) is 30.6 Å². The summed E-state index contributed by atoms with van der Waals surface area (Å²) in [7, 11) is 1.27. The lowest BCUT2D eigenvalue weighted by Crippen LogP contribution is -2.07. The van der Waals surface area contributed by atoms with Gasteiger partial charge in [0.1, 0.15) is 17.9 Å². The van der Waals surface area contributed by atoms with Gasteiger partial charge in [-0.05, 0) is 51.8 Å². The molecule has 0 fully saturated rings. The van der Waals surface area contributed by atoms with Gasteiger partial charge in [0.2, 0.25) is 0 Å². The zero-order valence-corrected chi connectivity index (χ0v) is 15.8. The van der Waals surface area contributed by atoms with E-state index in [0.29, 0.717) is 11.3 Å². The number of hydrogen-bond donors (Lipinski definition) is 0. The minimum Gasteiger partial charge on any atom is -0.487 e. The molecule has 0 saturated heterocycles. The molecule has 1 heterocycles. The van der Waals surface area contributed by atoms with Crippen LogP contribution in [-0.2, 0) is 17.5 Å². The molecule has 26 heavy (non-hydrogen) atoms. The molecule has 3 rings (SSSR count). The van der Waals surface area contributed by atoms with Crippen molar-refractivity contribution in [2.24, 2.45) is 0 Å². The van der Waals surface area contributed by atoms with Gasteiger partial charge in [0, 0.05) is 10.1 Å². The number of carbonyl (C=O) groups excluding carboxylic acids is 1. The molecule has 3 nitrogen and oxygen atoms in total. The quantitative estimate of drug-likeness (QED) is 0.459. The molecule has 136 valence electrons. The van der Waals surface area contributed by atoms with Crippen LogP contribution in [-0.4, -0.2) is 13.1 Å². The van der Waals surface area contributed by atoms with Gasteiger partial charge in [-0.2, -0.15) is 13.2 Å². The van der Waals surface area contributed by atoms with Crippen molar-refractivity contribution in [3.63, 3.8) is 0 Å². The van der Waals surface area contributed by atoms with E-state index in [-0.39, 0.29) is 12.2 Å². The monoisotopic (exact) mass is 444 g/mol. The maximum Gasteiger partial charge on any atom is 0.416 e. The van der Waals surface area contributed by atoms with Crippen LogP contribution in [0.4, 0.5) is 13.2 Å². The first-order valence-electron chi connectivity index (χ1n) is 7.39. The minimum absolute atomic E-state index is 0.0225.